The van der Waals surface area contributed by atoms with Crippen molar-refractivity contribution in [3.05, 3.63) is 65.7 Å². The average Bonchev–Trinajstić information content (AvgIpc) is 2.73. The average molecular weight is 364 g/mol. The Morgan fingerprint density at radius 2 is 1.63 bits per heavy atom. The minimum absolute atomic E-state index is 0.373. The van der Waals surface area contributed by atoms with Gasteiger partial charge in [0.25, 0.3) is 5.91 Å². The number of methoxy groups -OCH3 is 3. The minimum atomic E-state index is -0.373. The van der Waals surface area contributed by atoms with Crippen LogP contribution in [-0.2, 0) is 0 Å². The summed E-state index contributed by atoms with van der Waals surface area (Å²) in [7, 11) is 4.66. The van der Waals surface area contributed by atoms with Crippen molar-refractivity contribution in [1.82, 2.24) is 5.43 Å². The lowest BCUT2D eigenvalue weighted by molar-refractivity contribution is 0.0954. The molecule has 3 aromatic rings. The minimum Gasteiger partial charge on any atom is -0.497 e. The van der Waals surface area contributed by atoms with E-state index in [4.69, 9.17) is 14.2 Å². The number of fused-ring (bicyclic) bond motifs is 1. The fourth-order valence-electron chi connectivity index (χ4n) is 2.75. The molecule has 6 heteroatoms. The Kier molecular flexibility index (Phi) is 5.56. The second kappa shape index (κ2) is 8.23. The highest BCUT2D eigenvalue weighted by atomic mass is 16.5. The molecule has 3 aromatic carbocycles. The quantitative estimate of drug-likeness (QED) is 0.536. The Morgan fingerprint density at radius 1 is 0.926 bits per heavy atom. The van der Waals surface area contributed by atoms with Crippen LogP contribution in [0.5, 0.6) is 17.2 Å². The van der Waals surface area contributed by atoms with Gasteiger partial charge in [-0.25, -0.2) is 5.43 Å². The van der Waals surface area contributed by atoms with Crippen molar-refractivity contribution < 1.29 is 19.0 Å². The number of hydrogen-bond donors (Lipinski definition) is 1. The fraction of sp³-hybridized carbons (Fsp3) is 0.143. The summed E-state index contributed by atoms with van der Waals surface area (Å²) in [5, 5.41) is 6.14. The van der Waals surface area contributed by atoms with Crippen LogP contribution < -0.4 is 19.6 Å². The topological polar surface area (TPSA) is 69.2 Å². The number of hydrogen-bond acceptors (Lipinski definition) is 5. The first-order valence-electron chi connectivity index (χ1n) is 8.28. The molecule has 0 aromatic heterocycles. The predicted molar refractivity (Wildman–Crippen MR) is 105 cm³/mol. The highest BCUT2D eigenvalue weighted by Gasteiger charge is 2.10. The van der Waals surface area contributed by atoms with Gasteiger partial charge in [0.2, 0.25) is 0 Å². The SMILES string of the molecule is COc1cc(OC)cc(C(=O)NN=Cc2c(OC)ccc3ccccc23)c1. The molecule has 0 bridgehead atoms. The number of ether oxygens (including phenoxy) is 3. The molecule has 0 atom stereocenters. The molecule has 6 nitrogen and oxygen atoms in total. The van der Waals surface area contributed by atoms with E-state index in [1.54, 1.807) is 31.5 Å². The van der Waals surface area contributed by atoms with Gasteiger partial charge in [0.1, 0.15) is 17.2 Å². The molecule has 0 fully saturated rings. The zero-order chi connectivity index (χ0) is 19.2. The lowest BCUT2D eigenvalue weighted by atomic mass is 10.0. The summed E-state index contributed by atoms with van der Waals surface area (Å²) in [5.74, 6) is 1.36. The van der Waals surface area contributed by atoms with Crippen molar-refractivity contribution in [2.24, 2.45) is 5.10 Å². The molecule has 0 unspecified atom stereocenters. The molecule has 0 radical (unpaired) electrons. The van der Waals surface area contributed by atoms with Crippen LogP contribution in [0.3, 0.4) is 0 Å². The molecule has 0 aliphatic heterocycles. The number of nitrogens with one attached hydrogen (secondary N) is 1. The summed E-state index contributed by atoms with van der Waals surface area (Å²) < 4.78 is 15.8. The number of nitrogens with zero attached hydrogens (tertiary/aromatic N) is 1. The summed E-state index contributed by atoms with van der Waals surface area (Å²) in [6, 6.07) is 16.7. The highest BCUT2D eigenvalue weighted by molar-refractivity contribution is 6.03. The van der Waals surface area contributed by atoms with Gasteiger partial charge in [-0.2, -0.15) is 5.10 Å². The first kappa shape index (κ1) is 18.3. The Labute approximate surface area is 157 Å². The maximum Gasteiger partial charge on any atom is 0.271 e. The van der Waals surface area contributed by atoms with Crippen LogP contribution in [0.15, 0.2) is 59.7 Å². The van der Waals surface area contributed by atoms with Crippen LogP contribution in [0.2, 0.25) is 0 Å². The van der Waals surface area contributed by atoms with Gasteiger partial charge < -0.3 is 14.2 Å². The highest BCUT2D eigenvalue weighted by Crippen LogP contribution is 2.26. The number of carbonyl (C=O) groups is 1. The first-order chi connectivity index (χ1) is 13.2. The Balaban J connectivity index is 1.86. The maximum atomic E-state index is 12.4. The molecule has 27 heavy (non-hydrogen) atoms. The summed E-state index contributed by atoms with van der Waals surface area (Å²) in [6.07, 6.45) is 1.58. The molecule has 3 rings (SSSR count). The third-order valence-electron chi connectivity index (χ3n) is 4.12. The van der Waals surface area contributed by atoms with Gasteiger partial charge in [-0.1, -0.05) is 30.3 Å². The number of benzene rings is 3. The molecule has 1 N–H and O–H groups in total. The van der Waals surface area contributed by atoms with Gasteiger partial charge >= 0.3 is 0 Å². The van der Waals surface area contributed by atoms with Gasteiger partial charge in [0.15, 0.2) is 0 Å². The van der Waals surface area contributed by atoms with Crippen molar-refractivity contribution in [2.45, 2.75) is 0 Å². The summed E-state index contributed by atoms with van der Waals surface area (Å²) in [5.41, 5.74) is 3.70. The van der Waals surface area contributed by atoms with Gasteiger partial charge in [-0.3, -0.25) is 4.79 Å². The molecule has 0 aliphatic rings. The van der Waals surface area contributed by atoms with Crippen molar-refractivity contribution in [3.8, 4) is 17.2 Å². The molecular weight excluding hydrogens is 344 g/mol. The van der Waals surface area contributed by atoms with Crippen LogP contribution in [0.1, 0.15) is 15.9 Å². The molecule has 0 aliphatic carbocycles. The Hall–Kier alpha value is -3.54. The number of carbonyl (C=O) groups excluding carboxylic acids is 1. The second-order valence-electron chi connectivity index (χ2n) is 5.70. The monoisotopic (exact) mass is 364 g/mol. The first-order valence-corrected chi connectivity index (χ1v) is 8.28. The zero-order valence-corrected chi connectivity index (χ0v) is 15.4. The van der Waals surface area contributed by atoms with Crippen molar-refractivity contribution >= 4 is 22.9 Å². The zero-order valence-electron chi connectivity index (χ0n) is 15.4. The van der Waals surface area contributed by atoms with Gasteiger partial charge in [0, 0.05) is 17.2 Å². The van der Waals surface area contributed by atoms with E-state index in [9.17, 15) is 4.79 Å². The standard InChI is InChI=1S/C21H20N2O4/c1-25-16-10-15(11-17(12-16)26-2)21(24)23-22-13-19-18-7-5-4-6-14(18)8-9-20(19)27-3/h4-13H,1-3H3,(H,23,24). The van der Waals surface area contributed by atoms with Crippen LogP contribution >= 0.6 is 0 Å². The van der Waals surface area contributed by atoms with E-state index in [-0.39, 0.29) is 5.91 Å². The normalized spacial score (nSPS) is 10.8. The van der Waals surface area contributed by atoms with Crippen LogP contribution in [-0.4, -0.2) is 33.5 Å². The third-order valence-corrected chi connectivity index (χ3v) is 4.12. The lowest BCUT2D eigenvalue weighted by Gasteiger charge is -2.09. The molecule has 0 heterocycles. The predicted octanol–water partition coefficient (Wildman–Crippen LogP) is 3.63. The van der Waals surface area contributed by atoms with E-state index >= 15 is 0 Å². The lowest BCUT2D eigenvalue weighted by Crippen LogP contribution is -2.17. The van der Waals surface area contributed by atoms with Gasteiger partial charge in [-0.15, -0.1) is 0 Å². The van der Waals surface area contributed by atoms with E-state index < -0.39 is 0 Å². The van der Waals surface area contributed by atoms with Crippen LogP contribution in [0.4, 0.5) is 0 Å². The fourth-order valence-corrected chi connectivity index (χ4v) is 2.75. The number of amides is 1. The van der Waals surface area contributed by atoms with Crippen molar-refractivity contribution in [1.29, 1.82) is 0 Å². The smallest absolute Gasteiger partial charge is 0.271 e. The molecule has 0 saturated heterocycles. The molecule has 138 valence electrons. The van der Waals surface area contributed by atoms with E-state index in [0.717, 1.165) is 16.3 Å². The molecule has 1 amide bonds. The largest absolute Gasteiger partial charge is 0.497 e. The number of hydrazone groups is 1. The van der Waals surface area contributed by atoms with E-state index in [1.807, 2.05) is 36.4 Å². The Bertz CT molecular complexity index is 976. The van der Waals surface area contributed by atoms with Gasteiger partial charge in [0.05, 0.1) is 27.5 Å². The third kappa shape index (κ3) is 4.00. The maximum absolute atomic E-state index is 12.4. The van der Waals surface area contributed by atoms with Crippen molar-refractivity contribution in [2.75, 3.05) is 21.3 Å². The summed E-state index contributed by atoms with van der Waals surface area (Å²) in [6.45, 7) is 0. The molecule has 0 spiro atoms. The summed E-state index contributed by atoms with van der Waals surface area (Å²) >= 11 is 0. The summed E-state index contributed by atoms with van der Waals surface area (Å²) in [4.78, 5) is 12.4. The molecule has 0 saturated carbocycles. The van der Waals surface area contributed by atoms with Crippen molar-refractivity contribution in [3.63, 3.8) is 0 Å². The van der Waals surface area contributed by atoms with E-state index in [0.29, 0.717) is 22.8 Å². The van der Waals surface area contributed by atoms with E-state index in [2.05, 4.69) is 10.5 Å². The second-order valence-corrected chi connectivity index (χ2v) is 5.70. The van der Waals surface area contributed by atoms with Gasteiger partial charge in [-0.05, 0) is 29.0 Å². The van der Waals surface area contributed by atoms with Crippen LogP contribution in [0.25, 0.3) is 10.8 Å². The van der Waals surface area contributed by atoms with E-state index in [1.165, 1.54) is 14.2 Å². The Morgan fingerprint density at radius 3 is 2.30 bits per heavy atom. The molecular formula is C21H20N2O4. The number of rotatable bonds is 6. The van der Waals surface area contributed by atoms with Crippen LogP contribution in [0, 0.1) is 0 Å².